The van der Waals surface area contributed by atoms with E-state index in [0.717, 1.165) is 12.1 Å². The van der Waals surface area contributed by atoms with Crippen molar-refractivity contribution in [1.29, 1.82) is 0 Å². The highest BCUT2D eigenvalue weighted by molar-refractivity contribution is 4.91. The Hall–Kier alpha value is -1.16. The second kappa shape index (κ2) is 4.01. The summed E-state index contributed by atoms with van der Waals surface area (Å²) in [5, 5.41) is 6.78. The molecule has 1 aromatic heterocycles. The Morgan fingerprint density at radius 3 is 2.92 bits per heavy atom. The summed E-state index contributed by atoms with van der Waals surface area (Å²) in [7, 11) is 0. The molecule has 1 aromatic rings. The lowest BCUT2D eigenvalue weighted by Crippen LogP contribution is -2.15. The average Bonchev–Trinajstić information content (AvgIpc) is 2.35. The zero-order valence-electron chi connectivity index (χ0n) is 7.42. The molecule has 4 nitrogen and oxygen atoms in total. The van der Waals surface area contributed by atoms with Gasteiger partial charge in [-0.05, 0) is 13.8 Å². The van der Waals surface area contributed by atoms with E-state index in [1.165, 1.54) is 0 Å². The Balaban J connectivity index is 2.29. The molecule has 0 atom stereocenters. The highest BCUT2D eigenvalue weighted by Crippen LogP contribution is 1.94. The van der Waals surface area contributed by atoms with E-state index < -0.39 is 0 Å². The van der Waals surface area contributed by atoms with Crippen molar-refractivity contribution in [1.82, 2.24) is 15.5 Å². The third-order valence-electron chi connectivity index (χ3n) is 1.27. The van der Waals surface area contributed by atoms with Gasteiger partial charge in [-0.25, -0.2) is 0 Å². The van der Waals surface area contributed by atoms with Crippen molar-refractivity contribution in [3.8, 4) is 0 Å². The van der Waals surface area contributed by atoms with E-state index in [2.05, 4.69) is 22.0 Å². The quantitative estimate of drug-likeness (QED) is 0.681. The smallest absolute Gasteiger partial charge is 0.240 e. The topological polar surface area (TPSA) is 51.0 Å². The number of rotatable bonds is 4. The summed E-state index contributed by atoms with van der Waals surface area (Å²) in [6, 6.07) is 0. The van der Waals surface area contributed by atoms with Gasteiger partial charge >= 0.3 is 0 Å². The standard InChI is InChI=1S/C8H13N3O/c1-6(2)4-9-5-8-10-7(3)11-12-8/h9H,1,4-5H2,2-3H3. The molecule has 0 saturated carbocycles. The van der Waals surface area contributed by atoms with Crippen LogP contribution < -0.4 is 5.32 Å². The van der Waals surface area contributed by atoms with Crippen LogP contribution in [0.25, 0.3) is 0 Å². The van der Waals surface area contributed by atoms with E-state index in [9.17, 15) is 0 Å². The van der Waals surface area contributed by atoms with E-state index in [1.807, 2.05) is 6.92 Å². The van der Waals surface area contributed by atoms with Gasteiger partial charge < -0.3 is 9.84 Å². The minimum Gasteiger partial charge on any atom is -0.338 e. The average molecular weight is 167 g/mol. The Bertz CT molecular complexity index is 267. The molecule has 12 heavy (non-hydrogen) atoms. The largest absolute Gasteiger partial charge is 0.338 e. The van der Waals surface area contributed by atoms with Crippen LogP contribution in [0.4, 0.5) is 0 Å². The van der Waals surface area contributed by atoms with Crippen molar-refractivity contribution in [3.63, 3.8) is 0 Å². The first-order valence-electron chi connectivity index (χ1n) is 3.83. The lowest BCUT2D eigenvalue weighted by atomic mass is 10.3. The van der Waals surface area contributed by atoms with Gasteiger partial charge in [0, 0.05) is 6.54 Å². The molecule has 1 heterocycles. The van der Waals surface area contributed by atoms with Crippen LogP contribution in [0.5, 0.6) is 0 Å². The lowest BCUT2D eigenvalue weighted by Gasteiger charge is -1.98. The van der Waals surface area contributed by atoms with Crippen molar-refractivity contribution in [2.45, 2.75) is 20.4 Å². The van der Waals surface area contributed by atoms with Crippen LogP contribution in [0, 0.1) is 6.92 Å². The van der Waals surface area contributed by atoms with Crippen molar-refractivity contribution in [2.24, 2.45) is 0 Å². The third kappa shape index (κ3) is 2.84. The number of aromatic nitrogens is 2. The maximum Gasteiger partial charge on any atom is 0.240 e. The molecule has 1 N–H and O–H groups in total. The van der Waals surface area contributed by atoms with Gasteiger partial charge in [0.2, 0.25) is 5.89 Å². The third-order valence-corrected chi connectivity index (χ3v) is 1.27. The van der Waals surface area contributed by atoms with E-state index in [0.29, 0.717) is 18.3 Å². The Morgan fingerprint density at radius 1 is 1.67 bits per heavy atom. The highest BCUT2D eigenvalue weighted by atomic mass is 16.5. The predicted octanol–water partition coefficient (Wildman–Crippen LogP) is 1.04. The summed E-state index contributed by atoms with van der Waals surface area (Å²) in [5.41, 5.74) is 1.09. The fourth-order valence-corrected chi connectivity index (χ4v) is 0.795. The van der Waals surface area contributed by atoms with E-state index in [-0.39, 0.29) is 0 Å². The van der Waals surface area contributed by atoms with Gasteiger partial charge in [-0.1, -0.05) is 17.3 Å². The molecular formula is C8H13N3O. The summed E-state index contributed by atoms with van der Waals surface area (Å²) in [6.45, 7) is 8.91. The highest BCUT2D eigenvalue weighted by Gasteiger charge is 2.00. The van der Waals surface area contributed by atoms with Crippen molar-refractivity contribution < 1.29 is 4.52 Å². The lowest BCUT2D eigenvalue weighted by molar-refractivity contribution is 0.366. The molecular weight excluding hydrogens is 154 g/mol. The molecule has 0 aliphatic carbocycles. The van der Waals surface area contributed by atoms with Crippen molar-refractivity contribution in [2.75, 3.05) is 6.54 Å². The first-order chi connectivity index (χ1) is 5.68. The van der Waals surface area contributed by atoms with Gasteiger partial charge in [0.05, 0.1) is 6.54 Å². The maximum atomic E-state index is 4.89. The van der Waals surface area contributed by atoms with Gasteiger partial charge in [-0.15, -0.1) is 0 Å². The van der Waals surface area contributed by atoms with Gasteiger partial charge in [-0.3, -0.25) is 0 Å². The minimum absolute atomic E-state index is 0.605. The molecule has 0 saturated heterocycles. The second-order valence-corrected chi connectivity index (χ2v) is 2.80. The first kappa shape index (κ1) is 8.93. The van der Waals surface area contributed by atoms with Gasteiger partial charge in [0.25, 0.3) is 0 Å². The van der Waals surface area contributed by atoms with Crippen LogP contribution in [-0.2, 0) is 6.54 Å². The minimum atomic E-state index is 0.605. The molecule has 0 radical (unpaired) electrons. The Morgan fingerprint density at radius 2 is 2.42 bits per heavy atom. The summed E-state index contributed by atoms with van der Waals surface area (Å²) in [4.78, 5) is 4.04. The SMILES string of the molecule is C=C(C)CNCc1nc(C)no1. The summed E-state index contributed by atoms with van der Waals surface area (Å²) in [5.74, 6) is 1.29. The number of aryl methyl sites for hydroxylation is 1. The monoisotopic (exact) mass is 167 g/mol. The van der Waals surface area contributed by atoms with Crippen LogP contribution >= 0.6 is 0 Å². The Labute approximate surface area is 71.7 Å². The van der Waals surface area contributed by atoms with Gasteiger partial charge in [0.1, 0.15) is 0 Å². The molecule has 0 aliphatic heterocycles. The molecule has 0 aromatic carbocycles. The maximum absolute atomic E-state index is 4.89. The summed E-state index contributed by atoms with van der Waals surface area (Å²) < 4.78 is 4.89. The fraction of sp³-hybridized carbons (Fsp3) is 0.500. The summed E-state index contributed by atoms with van der Waals surface area (Å²) >= 11 is 0. The van der Waals surface area contributed by atoms with Gasteiger partial charge in [0.15, 0.2) is 5.82 Å². The van der Waals surface area contributed by atoms with Gasteiger partial charge in [-0.2, -0.15) is 4.98 Å². The van der Waals surface area contributed by atoms with Crippen LogP contribution in [0.3, 0.4) is 0 Å². The van der Waals surface area contributed by atoms with Crippen LogP contribution in [-0.4, -0.2) is 16.7 Å². The van der Waals surface area contributed by atoms with Crippen molar-refractivity contribution >= 4 is 0 Å². The zero-order valence-corrected chi connectivity index (χ0v) is 7.42. The number of hydrogen-bond donors (Lipinski definition) is 1. The van der Waals surface area contributed by atoms with E-state index in [4.69, 9.17) is 4.52 Å². The molecule has 0 fully saturated rings. The van der Waals surface area contributed by atoms with Crippen LogP contribution in [0.15, 0.2) is 16.7 Å². The molecule has 0 amide bonds. The first-order valence-corrected chi connectivity index (χ1v) is 3.83. The molecule has 1 rings (SSSR count). The van der Waals surface area contributed by atoms with E-state index in [1.54, 1.807) is 6.92 Å². The number of nitrogens with zero attached hydrogens (tertiary/aromatic N) is 2. The normalized spacial score (nSPS) is 10.2. The molecule has 0 bridgehead atoms. The Kier molecular flexibility index (Phi) is 2.99. The molecule has 0 spiro atoms. The number of nitrogens with one attached hydrogen (secondary N) is 1. The van der Waals surface area contributed by atoms with Crippen LogP contribution in [0.1, 0.15) is 18.6 Å². The second-order valence-electron chi connectivity index (χ2n) is 2.80. The van der Waals surface area contributed by atoms with E-state index >= 15 is 0 Å². The predicted molar refractivity (Wildman–Crippen MR) is 45.6 cm³/mol. The van der Waals surface area contributed by atoms with Crippen molar-refractivity contribution in [3.05, 3.63) is 23.9 Å². The number of hydrogen-bond acceptors (Lipinski definition) is 4. The zero-order chi connectivity index (χ0) is 8.97. The molecule has 4 heteroatoms. The molecule has 0 aliphatic rings. The molecule has 66 valence electrons. The molecule has 0 unspecified atom stereocenters. The summed E-state index contributed by atoms with van der Waals surface area (Å²) in [6.07, 6.45) is 0. The fourth-order valence-electron chi connectivity index (χ4n) is 0.795. The van der Waals surface area contributed by atoms with Crippen LogP contribution in [0.2, 0.25) is 0 Å².